The molecule has 3 aromatic rings. The van der Waals surface area contributed by atoms with Gasteiger partial charge in [-0.05, 0) is 48.7 Å². The van der Waals surface area contributed by atoms with E-state index in [1.165, 1.54) is 0 Å². The van der Waals surface area contributed by atoms with E-state index in [-0.39, 0.29) is 5.92 Å². The topological polar surface area (TPSA) is 92.1 Å². The van der Waals surface area contributed by atoms with E-state index in [4.69, 9.17) is 19.9 Å². The Morgan fingerprint density at radius 1 is 1.16 bits per heavy atom. The second kappa shape index (κ2) is 10.6. The summed E-state index contributed by atoms with van der Waals surface area (Å²) in [7, 11) is 3.48. The molecule has 0 bridgehead atoms. The summed E-state index contributed by atoms with van der Waals surface area (Å²) >= 11 is 0. The molecule has 1 aromatic carbocycles. The Hall–Kier alpha value is -3.61. The highest BCUT2D eigenvalue weighted by Crippen LogP contribution is 2.34. The minimum atomic E-state index is 0.0497. The zero-order valence-electron chi connectivity index (χ0n) is 19.3. The summed E-state index contributed by atoms with van der Waals surface area (Å²) in [6, 6.07) is 13.7. The van der Waals surface area contributed by atoms with E-state index in [0.29, 0.717) is 30.6 Å². The molecule has 3 N–H and O–H groups in total. The number of hydrogen-bond donors (Lipinski definition) is 3. The van der Waals surface area contributed by atoms with E-state index in [9.17, 15) is 0 Å². The number of nitrogens with one attached hydrogen (secondary N) is 3. The molecule has 0 unspecified atom stereocenters. The molecule has 2 heterocycles. The Morgan fingerprint density at radius 2 is 1.91 bits per heavy atom. The molecule has 0 saturated carbocycles. The maximum absolute atomic E-state index is 8.72. The fourth-order valence-corrected chi connectivity index (χ4v) is 3.34. The first-order valence-corrected chi connectivity index (χ1v) is 10.7. The van der Waals surface area contributed by atoms with Crippen molar-refractivity contribution >= 4 is 17.2 Å². The fraction of sp³-hybridized carbons (Fsp3) is 0.320. The van der Waals surface area contributed by atoms with Gasteiger partial charge in [0.25, 0.3) is 0 Å². The van der Waals surface area contributed by atoms with Crippen molar-refractivity contribution in [2.24, 2.45) is 5.92 Å². The molecule has 0 atom stereocenters. The molecule has 0 saturated heterocycles. The van der Waals surface area contributed by atoms with Gasteiger partial charge >= 0.3 is 0 Å². The minimum Gasteiger partial charge on any atom is -0.497 e. The van der Waals surface area contributed by atoms with E-state index in [2.05, 4.69) is 15.6 Å². The van der Waals surface area contributed by atoms with E-state index in [0.717, 1.165) is 33.8 Å². The average Bonchev–Trinajstić information content (AvgIpc) is 2.82. The average molecular weight is 434 g/mol. The molecular weight excluding hydrogens is 402 g/mol. The molecule has 32 heavy (non-hydrogen) atoms. The van der Waals surface area contributed by atoms with Gasteiger partial charge in [0.05, 0.1) is 30.5 Å². The fourth-order valence-electron chi connectivity index (χ4n) is 3.34. The summed E-state index contributed by atoms with van der Waals surface area (Å²) in [5.74, 6) is 2.05. The van der Waals surface area contributed by atoms with E-state index in [1.807, 2.05) is 70.3 Å². The lowest BCUT2D eigenvalue weighted by Crippen LogP contribution is -2.16. The van der Waals surface area contributed by atoms with Crippen molar-refractivity contribution in [1.82, 2.24) is 9.97 Å². The standard InChI is InChI=1S/C25H31N5O2/c1-6-32-25-19(8-7-13-28-25)20-14-21(22(23(26)16(2)3)24(27-4)30-20)29-15-17-9-11-18(31-5)12-10-17/h7-14,16,26H,6,15H2,1-5H3,(H2,27,29,30). The molecule has 168 valence electrons. The van der Waals surface area contributed by atoms with Crippen LogP contribution >= 0.6 is 0 Å². The molecule has 0 spiro atoms. The number of benzene rings is 1. The molecule has 0 amide bonds. The quantitative estimate of drug-likeness (QED) is 0.379. The Bertz CT molecular complexity index is 1060. The third-order valence-corrected chi connectivity index (χ3v) is 5.07. The number of rotatable bonds is 10. The lowest BCUT2D eigenvalue weighted by Gasteiger charge is -2.20. The Labute approximate surface area is 189 Å². The Balaban J connectivity index is 2.07. The number of nitrogens with zero attached hydrogens (tertiary/aromatic N) is 2. The molecule has 0 aliphatic carbocycles. The van der Waals surface area contributed by atoms with Gasteiger partial charge in [0, 0.05) is 31.2 Å². The molecule has 7 nitrogen and oxygen atoms in total. The van der Waals surface area contributed by atoms with Crippen LogP contribution in [0.25, 0.3) is 11.3 Å². The van der Waals surface area contributed by atoms with Gasteiger partial charge in [-0.1, -0.05) is 26.0 Å². The van der Waals surface area contributed by atoms with Gasteiger partial charge in [-0.25, -0.2) is 9.97 Å². The molecule has 0 aliphatic heterocycles. The van der Waals surface area contributed by atoms with Gasteiger partial charge < -0.3 is 25.5 Å². The highest BCUT2D eigenvalue weighted by atomic mass is 16.5. The van der Waals surface area contributed by atoms with Crippen LogP contribution in [0.1, 0.15) is 31.9 Å². The van der Waals surface area contributed by atoms with Crippen molar-refractivity contribution in [2.75, 3.05) is 31.4 Å². The van der Waals surface area contributed by atoms with Crippen LogP contribution in [0.2, 0.25) is 0 Å². The van der Waals surface area contributed by atoms with Gasteiger partial charge in [0.15, 0.2) is 0 Å². The largest absolute Gasteiger partial charge is 0.497 e. The van der Waals surface area contributed by atoms with Crippen molar-refractivity contribution in [2.45, 2.75) is 27.3 Å². The molecule has 0 radical (unpaired) electrons. The van der Waals surface area contributed by atoms with Crippen molar-refractivity contribution in [1.29, 1.82) is 5.41 Å². The maximum atomic E-state index is 8.72. The van der Waals surface area contributed by atoms with Crippen molar-refractivity contribution in [3.05, 3.63) is 59.8 Å². The van der Waals surface area contributed by atoms with Gasteiger partial charge in [-0.15, -0.1) is 0 Å². The number of hydrogen-bond acceptors (Lipinski definition) is 7. The number of aromatic nitrogens is 2. The van der Waals surface area contributed by atoms with Crippen LogP contribution in [-0.2, 0) is 6.54 Å². The SMILES string of the molecule is CCOc1ncccc1-c1cc(NCc2ccc(OC)cc2)c(C(=N)C(C)C)c(NC)n1. The van der Waals surface area contributed by atoms with Crippen molar-refractivity contribution in [3.63, 3.8) is 0 Å². The molecule has 3 rings (SSSR count). The number of ether oxygens (including phenoxy) is 2. The summed E-state index contributed by atoms with van der Waals surface area (Å²) < 4.78 is 11.0. The van der Waals surface area contributed by atoms with Crippen LogP contribution in [0.3, 0.4) is 0 Å². The first kappa shape index (κ1) is 23.1. The summed E-state index contributed by atoms with van der Waals surface area (Å²) in [6.45, 7) is 7.07. The van der Waals surface area contributed by atoms with Crippen molar-refractivity contribution in [3.8, 4) is 22.9 Å². The minimum absolute atomic E-state index is 0.0497. The molecule has 2 aromatic heterocycles. The summed E-state index contributed by atoms with van der Waals surface area (Å²) in [6.07, 6.45) is 1.71. The summed E-state index contributed by atoms with van der Waals surface area (Å²) in [4.78, 5) is 9.19. The maximum Gasteiger partial charge on any atom is 0.222 e. The van der Waals surface area contributed by atoms with Crippen LogP contribution in [0.15, 0.2) is 48.7 Å². The number of anilines is 2. The first-order valence-electron chi connectivity index (χ1n) is 10.7. The second-order valence-corrected chi connectivity index (χ2v) is 7.59. The summed E-state index contributed by atoms with van der Waals surface area (Å²) in [5.41, 5.74) is 4.75. The lowest BCUT2D eigenvalue weighted by atomic mass is 9.97. The van der Waals surface area contributed by atoms with E-state index >= 15 is 0 Å². The van der Waals surface area contributed by atoms with Crippen LogP contribution in [-0.4, -0.2) is 36.4 Å². The Kier molecular flexibility index (Phi) is 7.65. The van der Waals surface area contributed by atoms with Crippen LogP contribution < -0.4 is 20.1 Å². The zero-order chi connectivity index (χ0) is 23.1. The summed E-state index contributed by atoms with van der Waals surface area (Å²) in [5, 5.41) is 15.4. The highest BCUT2D eigenvalue weighted by Gasteiger charge is 2.20. The highest BCUT2D eigenvalue weighted by molar-refractivity contribution is 6.08. The molecule has 0 fully saturated rings. The van der Waals surface area contributed by atoms with Gasteiger partial charge in [-0.2, -0.15) is 0 Å². The smallest absolute Gasteiger partial charge is 0.222 e. The van der Waals surface area contributed by atoms with E-state index in [1.54, 1.807) is 13.3 Å². The van der Waals surface area contributed by atoms with Crippen LogP contribution in [0.5, 0.6) is 11.6 Å². The van der Waals surface area contributed by atoms with Crippen LogP contribution in [0, 0.1) is 11.3 Å². The van der Waals surface area contributed by atoms with Gasteiger partial charge in [0.1, 0.15) is 11.6 Å². The van der Waals surface area contributed by atoms with Gasteiger partial charge in [0.2, 0.25) is 5.88 Å². The third kappa shape index (κ3) is 5.17. The third-order valence-electron chi connectivity index (χ3n) is 5.07. The molecule has 0 aliphatic rings. The predicted molar refractivity (Wildman–Crippen MR) is 130 cm³/mol. The predicted octanol–water partition coefficient (Wildman–Crippen LogP) is 5.23. The van der Waals surface area contributed by atoms with E-state index < -0.39 is 0 Å². The van der Waals surface area contributed by atoms with Crippen LogP contribution in [0.4, 0.5) is 11.5 Å². The normalized spacial score (nSPS) is 10.7. The molecule has 7 heteroatoms. The first-order chi connectivity index (χ1) is 15.5. The number of methoxy groups -OCH3 is 1. The van der Waals surface area contributed by atoms with Gasteiger partial charge in [-0.3, -0.25) is 0 Å². The molecular formula is C25H31N5O2. The van der Waals surface area contributed by atoms with Crippen molar-refractivity contribution < 1.29 is 9.47 Å². The zero-order valence-corrected chi connectivity index (χ0v) is 19.3. The second-order valence-electron chi connectivity index (χ2n) is 7.59. The lowest BCUT2D eigenvalue weighted by molar-refractivity contribution is 0.328. The Morgan fingerprint density at radius 3 is 2.53 bits per heavy atom. The monoisotopic (exact) mass is 433 g/mol. The number of pyridine rings is 2.